The summed E-state index contributed by atoms with van der Waals surface area (Å²) in [6, 6.07) is 7.00. The number of amides is 1. The fraction of sp³-hybridized carbons (Fsp3) is 0.286. The van der Waals surface area contributed by atoms with Crippen LogP contribution in [0.2, 0.25) is 0 Å². The van der Waals surface area contributed by atoms with Crippen LogP contribution in [-0.2, 0) is 22.6 Å². The predicted molar refractivity (Wildman–Crippen MR) is 100.0 cm³/mol. The van der Waals surface area contributed by atoms with Crippen LogP contribution in [0, 0.1) is 28.8 Å². The average Bonchev–Trinajstić information content (AvgIpc) is 2.67. The summed E-state index contributed by atoms with van der Waals surface area (Å²) in [5.41, 5.74) is 0.144. The van der Waals surface area contributed by atoms with Crippen LogP contribution in [0.5, 0.6) is 5.75 Å². The van der Waals surface area contributed by atoms with E-state index in [1.165, 1.54) is 19.1 Å². The molecule has 1 atom stereocenters. The summed E-state index contributed by atoms with van der Waals surface area (Å²) >= 11 is 0. The van der Waals surface area contributed by atoms with Crippen LogP contribution in [0.4, 0.5) is 13.2 Å². The molecule has 0 fully saturated rings. The molecule has 2 aromatic carbocycles. The lowest BCUT2D eigenvalue weighted by Crippen LogP contribution is -2.43. The maximum Gasteiger partial charge on any atom is 0.323 e. The molecule has 1 unspecified atom stereocenters. The minimum atomic E-state index is -1.34. The summed E-state index contributed by atoms with van der Waals surface area (Å²) in [6.07, 6.45) is -1.12. The van der Waals surface area contributed by atoms with Crippen LogP contribution in [0.3, 0.4) is 0 Å². The highest BCUT2D eigenvalue weighted by atomic mass is 19.1. The Kier molecular flexibility index (Phi) is 7.42. The molecule has 0 spiro atoms. The van der Waals surface area contributed by atoms with Crippen molar-refractivity contribution in [2.24, 2.45) is 0 Å². The van der Waals surface area contributed by atoms with Crippen LogP contribution in [0.1, 0.15) is 30.5 Å². The second kappa shape index (κ2) is 9.78. The van der Waals surface area contributed by atoms with Gasteiger partial charge in [0.2, 0.25) is 0 Å². The van der Waals surface area contributed by atoms with E-state index in [1.807, 2.05) is 0 Å². The molecule has 0 aliphatic carbocycles. The van der Waals surface area contributed by atoms with Crippen molar-refractivity contribution in [1.29, 1.82) is 5.26 Å². The van der Waals surface area contributed by atoms with Gasteiger partial charge in [-0.05, 0) is 25.5 Å². The molecule has 0 bridgehead atoms. The Balaban J connectivity index is 2.27. The third-order valence-electron chi connectivity index (χ3n) is 4.31. The van der Waals surface area contributed by atoms with Crippen molar-refractivity contribution in [1.82, 2.24) is 4.90 Å². The van der Waals surface area contributed by atoms with Gasteiger partial charge < -0.3 is 14.7 Å². The number of hydrogen-bond donors (Lipinski definition) is 1. The molecule has 6 nitrogen and oxygen atoms in total. The highest BCUT2D eigenvalue weighted by molar-refractivity contribution is 5.84. The number of hydrogen-bond acceptors (Lipinski definition) is 4. The van der Waals surface area contributed by atoms with Gasteiger partial charge in [0.25, 0.3) is 5.91 Å². The quantitative estimate of drug-likeness (QED) is 0.707. The first-order valence-electron chi connectivity index (χ1n) is 8.99. The van der Waals surface area contributed by atoms with Crippen molar-refractivity contribution in [3.05, 3.63) is 64.5 Å². The summed E-state index contributed by atoms with van der Waals surface area (Å²) in [7, 11) is 0. The van der Waals surface area contributed by atoms with Crippen LogP contribution in [0.25, 0.3) is 0 Å². The van der Waals surface area contributed by atoms with E-state index in [2.05, 4.69) is 0 Å². The number of carbonyl (C=O) groups is 2. The Morgan fingerprint density at radius 3 is 2.47 bits per heavy atom. The van der Waals surface area contributed by atoms with Gasteiger partial charge in [-0.3, -0.25) is 9.59 Å². The van der Waals surface area contributed by atoms with Gasteiger partial charge in [0.1, 0.15) is 29.7 Å². The summed E-state index contributed by atoms with van der Waals surface area (Å²) in [4.78, 5) is 24.8. The monoisotopic (exact) mass is 420 g/mol. The highest BCUT2D eigenvalue weighted by Gasteiger charge is 2.26. The molecule has 1 amide bonds. The molecular weight excluding hydrogens is 401 g/mol. The summed E-state index contributed by atoms with van der Waals surface area (Å²) in [5.74, 6) is -4.80. The number of ether oxygens (including phenoxy) is 1. The van der Waals surface area contributed by atoms with Gasteiger partial charge in [-0.2, -0.15) is 5.26 Å². The van der Waals surface area contributed by atoms with E-state index >= 15 is 0 Å². The molecule has 0 heterocycles. The number of carboxylic acids is 1. The van der Waals surface area contributed by atoms with Crippen LogP contribution < -0.4 is 4.74 Å². The van der Waals surface area contributed by atoms with Crippen molar-refractivity contribution in [3.63, 3.8) is 0 Å². The zero-order valence-corrected chi connectivity index (χ0v) is 16.3. The van der Waals surface area contributed by atoms with Gasteiger partial charge >= 0.3 is 5.97 Å². The Morgan fingerprint density at radius 1 is 1.20 bits per heavy atom. The molecule has 0 aromatic heterocycles. The van der Waals surface area contributed by atoms with Crippen LogP contribution in [-0.4, -0.2) is 34.5 Å². The van der Waals surface area contributed by atoms with Crippen molar-refractivity contribution >= 4 is 11.9 Å². The third kappa shape index (κ3) is 5.50. The fourth-order valence-corrected chi connectivity index (χ4v) is 2.85. The largest absolute Gasteiger partial charge is 0.480 e. The van der Waals surface area contributed by atoms with Crippen molar-refractivity contribution in [2.45, 2.75) is 32.9 Å². The number of carbonyl (C=O) groups excluding carboxylic acids is 1. The summed E-state index contributed by atoms with van der Waals surface area (Å²) in [5, 5.41) is 17.9. The van der Waals surface area contributed by atoms with Crippen molar-refractivity contribution in [3.8, 4) is 11.8 Å². The van der Waals surface area contributed by atoms with Gasteiger partial charge in [0.15, 0.2) is 6.10 Å². The maximum absolute atomic E-state index is 14.2. The minimum absolute atomic E-state index is 0.00171. The smallest absolute Gasteiger partial charge is 0.323 e. The van der Waals surface area contributed by atoms with E-state index in [9.17, 15) is 22.8 Å². The SMILES string of the molecule is CCc1c(F)cc(F)cc1OC(C)C(=O)N(CC(=O)O)Cc1ccc(C#N)cc1F. The molecule has 30 heavy (non-hydrogen) atoms. The number of aliphatic carboxylic acids is 1. The van der Waals surface area contributed by atoms with Crippen molar-refractivity contribution < 1.29 is 32.6 Å². The van der Waals surface area contributed by atoms with E-state index in [-0.39, 0.29) is 28.9 Å². The average molecular weight is 420 g/mol. The molecule has 1 N–H and O–H groups in total. The Bertz CT molecular complexity index is 1000. The van der Waals surface area contributed by atoms with Crippen molar-refractivity contribution in [2.75, 3.05) is 6.54 Å². The molecule has 158 valence electrons. The normalized spacial score (nSPS) is 11.5. The Labute approximate surface area is 171 Å². The molecule has 9 heteroatoms. The zero-order chi connectivity index (χ0) is 22.4. The number of nitrogens with zero attached hydrogens (tertiary/aromatic N) is 2. The summed E-state index contributed by atoms with van der Waals surface area (Å²) in [6.45, 7) is 1.79. The van der Waals surface area contributed by atoms with Gasteiger partial charge in [0.05, 0.1) is 11.6 Å². The molecule has 0 aliphatic heterocycles. The predicted octanol–water partition coefficient (Wildman–Crippen LogP) is 3.42. The molecular formula is C21H19F3N2O4. The topological polar surface area (TPSA) is 90.6 Å². The summed E-state index contributed by atoms with van der Waals surface area (Å²) < 4.78 is 47.1. The van der Waals surface area contributed by atoms with Gasteiger partial charge in [-0.15, -0.1) is 0 Å². The van der Waals surface area contributed by atoms with E-state index in [0.29, 0.717) is 6.07 Å². The van der Waals surface area contributed by atoms with Gasteiger partial charge in [-0.1, -0.05) is 13.0 Å². The number of nitriles is 1. The zero-order valence-electron chi connectivity index (χ0n) is 16.3. The second-order valence-electron chi connectivity index (χ2n) is 6.48. The molecule has 0 saturated heterocycles. The molecule has 2 rings (SSSR count). The lowest BCUT2D eigenvalue weighted by molar-refractivity contribution is -0.148. The molecule has 0 saturated carbocycles. The Hall–Kier alpha value is -3.54. The molecule has 0 radical (unpaired) electrons. The first-order valence-corrected chi connectivity index (χ1v) is 8.99. The second-order valence-corrected chi connectivity index (χ2v) is 6.48. The maximum atomic E-state index is 14.2. The minimum Gasteiger partial charge on any atom is -0.480 e. The van der Waals surface area contributed by atoms with E-state index in [1.54, 1.807) is 13.0 Å². The lowest BCUT2D eigenvalue weighted by Gasteiger charge is -2.25. The van der Waals surface area contributed by atoms with Crippen LogP contribution >= 0.6 is 0 Å². The number of rotatable bonds is 8. The first-order chi connectivity index (χ1) is 14.2. The number of carboxylic acid groups (broad SMARTS) is 1. The lowest BCUT2D eigenvalue weighted by atomic mass is 10.1. The first kappa shape index (κ1) is 22.7. The number of halogens is 3. The highest BCUT2D eigenvalue weighted by Crippen LogP contribution is 2.25. The standard InChI is InChI=1S/C21H19F3N2O4/c1-3-16-18(24)7-15(22)8-19(16)30-12(2)21(29)26(11-20(27)28)10-14-5-4-13(9-25)6-17(14)23/h4-8,12H,3,10-11H2,1-2H3,(H,27,28). The van der Waals surface area contributed by atoms with E-state index in [0.717, 1.165) is 17.0 Å². The molecule has 2 aromatic rings. The van der Waals surface area contributed by atoms with E-state index in [4.69, 9.17) is 15.1 Å². The number of benzene rings is 2. The van der Waals surface area contributed by atoms with Gasteiger partial charge in [0, 0.05) is 29.8 Å². The Morgan fingerprint density at radius 2 is 1.90 bits per heavy atom. The van der Waals surface area contributed by atoms with Gasteiger partial charge in [-0.25, -0.2) is 13.2 Å². The van der Waals surface area contributed by atoms with E-state index < -0.39 is 48.5 Å². The third-order valence-corrected chi connectivity index (χ3v) is 4.31. The fourth-order valence-electron chi connectivity index (χ4n) is 2.85. The van der Waals surface area contributed by atoms with Crippen LogP contribution in [0.15, 0.2) is 30.3 Å². The molecule has 0 aliphatic rings.